The smallest absolute Gasteiger partial charge is 0.252 e. The van der Waals surface area contributed by atoms with Crippen molar-refractivity contribution in [3.8, 4) is 0 Å². The maximum Gasteiger partial charge on any atom is 0.252 e. The van der Waals surface area contributed by atoms with Crippen molar-refractivity contribution in [2.24, 2.45) is 23.5 Å². The molecule has 0 spiro atoms. The van der Waals surface area contributed by atoms with Gasteiger partial charge in [-0.25, -0.2) is 0 Å². The first-order valence-electron chi connectivity index (χ1n) is 13.1. The van der Waals surface area contributed by atoms with Crippen molar-refractivity contribution in [1.82, 2.24) is 15.1 Å². The molecule has 0 bridgehead atoms. The van der Waals surface area contributed by atoms with Gasteiger partial charge in [0, 0.05) is 45.1 Å². The lowest BCUT2D eigenvalue weighted by molar-refractivity contribution is -0.160. The Morgan fingerprint density at radius 3 is 2.36 bits per heavy atom. The lowest BCUT2D eigenvalue weighted by atomic mass is 9.68. The van der Waals surface area contributed by atoms with E-state index >= 15 is 0 Å². The van der Waals surface area contributed by atoms with Crippen LogP contribution in [0.25, 0.3) is 0 Å². The standard InChI is InChI=1S/C25H42N4O4/c1-16-15-28(25(32)23-4-3-13-33-23)22-14-20(9-10-21(22)29(16)17(2)30)18-5-7-19(8-6-18)24(31)27-12-11-26/h16,18-23H,3-15,26H2,1-2H3,(H,27,31)/t16-,18?,19?,20?,21?,22?,23?/m0/s1. The maximum atomic E-state index is 13.4. The zero-order valence-electron chi connectivity index (χ0n) is 20.3. The molecule has 0 aromatic carbocycles. The molecule has 0 radical (unpaired) electrons. The second-order valence-electron chi connectivity index (χ2n) is 10.7. The van der Waals surface area contributed by atoms with Crippen LogP contribution in [0.4, 0.5) is 0 Å². The summed E-state index contributed by atoms with van der Waals surface area (Å²) in [6.07, 6.45) is 8.42. The third-order valence-electron chi connectivity index (χ3n) is 8.62. The van der Waals surface area contributed by atoms with Crippen LogP contribution in [0.2, 0.25) is 0 Å². The normalized spacial score (nSPS) is 36.9. The molecule has 33 heavy (non-hydrogen) atoms. The van der Waals surface area contributed by atoms with E-state index < -0.39 is 0 Å². The fourth-order valence-corrected chi connectivity index (χ4v) is 7.03. The minimum atomic E-state index is -0.315. The predicted molar refractivity (Wildman–Crippen MR) is 125 cm³/mol. The Labute approximate surface area is 197 Å². The molecule has 8 heteroatoms. The van der Waals surface area contributed by atoms with Gasteiger partial charge in [0.2, 0.25) is 11.8 Å². The first kappa shape index (κ1) is 24.5. The van der Waals surface area contributed by atoms with E-state index in [2.05, 4.69) is 17.1 Å². The summed E-state index contributed by atoms with van der Waals surface area (Å²) in [4.78, 5) is 42.4. The summed E-state index contributed by atoms with van der Waals surface area (Å²) < 4.78 is 5.75. The number of hydrogen-bond donors (Lipinski definition) is 2. The monoisotopic (exact) mass is 462 g/mol. The Kier molecular flexibility index (Phi) is 7.95. The molecule has 2 aliphatic carbocycles. The number of carbonyl (C=O) groups excluding carboxylic acids is 3. The Bertz CT molecular complexity index is 717. The van der Waals surface area contributed by atoms with Gasteiger partial charge in [-0.3, -0.25) is 14.4 Å². The lowest BCUT2D eigenvalue weighted by Gasteiger charge is -2.55. The quantitative estimate of drug-likeness (QED) is 0.647. The molecule has 8 nitrogen and oxygen atoms in total. The number of ether oxygens (including phenoxy) is 1. The van der Waals surface area contributed by atoms with Crippen molar-refractivity contribution in [1.29, 1.82) is 0 Å². The molecule has 4 aliphatic rings. The van der Waals surface area contributed by atoms with Gasteiger partial charge in [0.05, 0.1) is 12.1 Å². The van der Waals surface area contributed by atoms with Gasteiger partial charge in [-0.05, 0) is 76.5 Å². The molecule has 186 valence electrons. The Morgan fingerprint density at radius 1 is 1.00 bits per heavy atom. The largest absolute Gasteiger partial charge is 0.368 e. The maximum absolute atomic E-state index is 13.4. The van der Waals surface area contributed by atoms with Crippen molar-refractivity contribution < 1.29 is 19.1 Å². The van der Waals surface area contributed by atoms with Crippen LogP contribution >= 0.6 is 0 Å². The van der Waals surface area contributed by atoms with Gasteiger partial charge >= 0.3 is 0 Å². The molecule has 4 fully saturated rings. The molecule has 4 unspecified atom stereocenters. The van der Waals surface area contributed by atoms with Crippen LogP contribution in [0.1, 0.15) is 71.6 Å². The van der Waals surface area contributed by atoms with Crippen molar-refractivity contribution >= 4 is 17.7 Å². The fraction of sp³-hybridized carbons (Fsp3) is 0.880. The van der Waals surface area contributed by atoms with Gasteiger partial charge in [0.25, 0.3) is 5.91 Å². The third kappa shape index (κ3) is 5.21. The van der Waals surface area contributed by atoms with Crippen LogP contribution in [-0.4, -0.2) is 78.0 Å². The third-order valence-corrected chi connectivity index (χ3v) is 8.62. The summed E-state index contributed by atoms with van der Waals surface area (Å²) in [6, 6.07) is 0.213. The fourth-order valence-electron chi connectivity index (χ4n) is 7.03. The number of fused-ring (bicyclic) bond motifs is 1. The summed E-state index contributed by atoms with van der Waals surface area (Å²) in [6.45, 7) is 6.01. The molecule has 2 saturated carbocycles. The van der Waals surface area contributed by atoms with E-state index in [9.17, 15) is 14.4 Å². The molecule has 3 N–H and O–H groups in total. The molecular formula is C25H42N4O4. The van der Waals surface area contributed by atoms with Crippen LogP contribution in [0.3, 0.4) is 0 Å². The Morgan fingerprint density at radius 2 is 1.73 bits per heavy atom. The van der Waals surface area contributed by atoms with Crippen LogP contribution in [-0.2, 0) is 19.1 Å². The Balaban J connectivity index is 1.43. The van der Waals surface area contributed by atoms with Crippen LogP contribution < -0.4 is 11.1 Å². The van der Waals surface area contributed by atoms with E-state index in [-0.39, 0.29) is 47.9 Å². The number of rotatable bonds is 5. The van der Waals surface area contributed by atoms with E-state index in [1.165, 1.54) is 0 Å². The summed E-state index contributed by atoms with van der Waals surface area (Å²) in [5.74, 6) is 1.62. The summed E-state index contributed by atoms with van der Waals surface area (Å²) >= 11 is 0. The van der Waals surface area contributed by atoms with Crippen LogP contribution in [0.5, 0.6) is 0 Å². The van der Waals surface area contributed by atoms with Crippen molar-refractivity contribution in [3.63, 3.8) is 0 Å². The summed E-state index contributed by atoms with van der Waals surface area (Å²) in [5, 5.41) is 2.94. The highest BCUT2D eigenvalue weighted by atomic mass is 16.5. The molecule has 0 aromatic rings. The molecule has 2 heterocycles. The molecule has 3 amide bonds. The number of carbonyl (C=O) groups is 3. The molecule has 0 aromatic heterocycles. The van der Waals surface area contributed by atoms with E-state index in [0.717, 1.165) is 57.8 Å². The minimum absolute atomic E-state index is 0.0353. The molecule has 2 saturated heterocycles. The molecule has 4 rings (SSSR count). The summed E-state index contributed by atoms with van der Waals surface area (Å²) in [5.41, 5.74) is 5.51. The number of amides is 3. The van der Waals surface area contributed by atoms with Crippen molar-refractivity contribution in [2.75, 3.05) is 26.2 Å². The summed E-state index contributed by atoms with van der Waals surface area (Å²) in [7, 11) is 0. The zero-order valence-corrected chi connectivity index (χ0v) is 20.3. The van der Waals surface area contributed by atoms with E-state index in [0.29, 0.717) is 38.1 Å². The average molecular weight is 463 g/mol. The highest BCUT2D eigenvalue weighted by molar-refractivity contribution is 5.82. The second kappa shape index (κ2) is 10.7. The predicted octanol–water partition coefficient (Wildman–Crippen LogP) is 1.66. The van der Waals surface area contributed by atoms with Gasteiger partial charge in [-0.2, -0.15) is 0 Å². The number of hydrogen-bond acceptors (Lipinski definition) is 5. The number of nitrogens with one attached hydrogen (secondary N) is 1. The average Bonchev–Trinajstić information content (AvgIpc) is 3.36. The van der Waals surface area contributed by atoms with Crippen LogP contribution in [0, 0.1) is 17.8 Å². The number of nitrogens with two attached hydrogens (primary N) is 1. The van der Waals surface area contributed by atoms with Crippen molar-refractivity contribution in [3.05, 3.63) is 0 Å². The zero-order chi connectivity index (χ0) is 23.5. The van der Waals surface area contributed by atoms with Gasteiger partial charge in [0.1, 0.15) is 6.10 Å². The highest BCUT2D eigenvalue weighted by Gasteiger charge is 2.48. The molecule has 5 atom stereocenters. The second-order valence-corrected chi connectivity index (χ2v) is 10.7. The molecule has 2 aliphatic heterocycles. The minimum Gasteiger partial charge on any atom is -0.368 e. The van der Waals surface area contributed by atoms with E-state index in [1.807, 2.05) is 4.90 Å². The Hall–Kier alpha value is -1.67. The number of nitrogens with zero attached hydrogens (tertiary/aromatic N) is 2. The number of piperazine rings is 1. The van der Waals surface area contributed by atoms with E-state index in [1.54, 1.807) is 6.92 Å². The highest BCUT2D eigenvalue weighted by Crippen LogP contribution is 2.44. The van der Waals surface area contributed by atoms with Gasteiger partial charge in [-0.1, -0.05) is 0 Å². The van der Waals surface area contributed by atoms with Gasteiger partial charge in [-0.15, -0.1) is 0 Å². The molecular weight excluding hydrogens is 420 g/mol. The van der Waals surface area contributed by atoms with Gasteiger partial charge < -0.3 is 25.6 Å². The lowest BCUT2D eigenvalue weighted by Crippen LogP contribution is -2.68. The van der Waals surface area contributed by atoms with Gasteiger partial charge in [0.15, 0.2) is 0 Å². The first-order valence-corrected chi connectivity index (χ1v) is 13.1. The van der Waals surface area contributed by atoms with Crippen LogP contribution in [0.15, 0.2) is 0 Å². The van der Waals surface area contributed by atoms with E-state index in [4.69, 9.17) is 10.5 Å². The van der Waals surface area contributed by atoms with Crippen molar-refractivity contribution in [2.45, 2.75) is 95.9 Å². The first-order chi connectivity index (χ1) is 15.9. The SMILES string of the molecule is CC(=O)N1C2CCC(C3CCC(C(=O)NCCN)CC3)CC2N(C(=O)C2CCCO2)C[C@@H]1C. The topological polar surface area (TPSA) is 105 Å².